The zero-order chi connectivity index (χ0) is 16.0. The van der Waals surface area contributed by atoms with Gasteiger partial charge in [0.05, 0.1) is 12.2 Å². The van der Waals surface area contributed by atoms with Crippen LogP contribution in [0.1, 0.15) is 0 Å². The largest absolute Gasteiger partial charge is 0.573 e. The summed E-state index contributed by atoms with van der Waals surface area (Å²) in [6.45, 7) is 2.93. The lowest BCUT2D eigenvalue weighted by Crippen LogP contribution is -2.34. The number of rotatable bonds is 5. The molecule has 0 aliphatic heterocycles. The molecule has 0 aliphatic rings. The highest BCUT2D eigenvalue weighted by atomic mass is 19.4. The maximum atomic E-state index is 12.2. The molecule has 1 aromatic rings. The van der Waals surface area contributed by atoms with E-state index in [0.29, 0.717) is 0 Å². The van der Waals surface area contributed by atoms with Crippen LogP contribution in [0.25, 0.3) is 0 Å². The lowest BCUT2D eigenvalue weighted by molar-refractivity contribution is -0.274. The number of benzene rings is 1. The summed E-state index contributed by atoms with van der Waals surface area (Å²) < 4.78 is 40.5. The molecule has 0 saturated heterocycles. The highest BCUT2D eigenvalue weighted by Crippen LogP contribution is 2.29. The van der Waals surface area contributed by atoms with Crippen molar-refractivity contribution in [2.75, 3.05) is 18.9 Å². The van der Waals surface area contributed by atoms with E-state index >= 15 is 0 Å². The third-order valence-electron chi connectivity index (χ3n) is 2.32. The van der Waals surface area contributed by atoms with E-state index in [2.05, 4.69) is 16.6 Å². The first-order valence-corrected chi connectivity index (χ1v) is 5.75. The molecule has 0 bridgehead atoms. The van der Waals surface area contributed by atoms with Gasteiger partial charge in [0.2, 0.25) is 11.8 Å². The maximum absolute atomic E-state index is 12.2. The van der Waals surface area contributed by atoms with Crippen molar-refractivity contribution in [2.45, 2.75) is 6.36 Å². The molecule has 21 heavy (non-hydrogen) atoms. The van der Waals surface area contributed by atoms with Crippen molar-refractivity contribution in [3.8, 4) is 5.75 Å². The molecule has 0 aliphatic carbocycles. The zero-order valence-corrected chi connectivity index (χ0v) is 11.1. The first kappa shape index (κ1) is 16.5. The van der Waals surface area contributed by atoms with Gasteiger partial charge in [-0.1, -0.05) is 18.7 Å². The number of nitrogens with one attached hydrogen (secondary N) is 1. The predicted molar refractivity (Wildman–Crippen MR) is 69.6 cm³/mol. The fourth-order valence-electron chi connectivity index (χ4n) is 1.42. The standard InChI is InChI=1S/C13H13F3N2O3/c1-3-12(20)18(2)8-11(19)17-9-6-4-5-7-10(9)21-13(14,15)16/h3-7H,1,8H2,2H3,(H,17,19). The molecular formula is C13H13F3N2O3. The maximum Gasteiger partial charge on any atom is 0.573 e. The third kappa shape index (κ3) is 5.55. The van der Waals surface area contributed by atoms with Crippen LogP contribution in [0.3, 0.4) is 0 Å². The fourth-order valence-corrected chi connectivity index (χ4v) is 1.42. The molecular weight excluding hydrogens is 289 g/mol. The number of anilines is 1. The van der Waals surface area contributed by atoms with Crippen LogP contribution in [0.2, 0.25) is 0 Å². The van der Waals surface area contributed by atoms with Crippen LogP contribution in [-0.2, 0) is 9.59 Å². The molecule has 0 aromatic heterocycles. The van der Waals surface area contributed by atoms with Crippen LogP contribution < -0.4 is 10.1 Å². The Bertz CT molecular complexity index is 544. The van der Waals surface area contributed by atoms with Crippen LogP contribution in [0, 0.1) is 0 Å². The van der Waals surface area contributed by atoms with Crippen molar-refractivity contribution in [2.24, 2.45) is 0 Å². The molecule has 0 heterocycles. The molecule has 0 saturated carbocycles. The average molecular weight is 302 g/mol. The van der Waals surface area contributed by atoms with E-state index in [4.69, 9.17) is 0 Å². The Morgan fingerprint density at radius 1 is 1.38 bits per heavy atom. The molecule has 1 rings (SSSR count). The Labute approximate surface area is 119 Å². The number of carbonyl (C=O) groups is 2. The SMILES string of the molecule is C=CC(=O)N(C)CC(=O)Nc1ccccc1OC(F)(F)F. The van der Waals surface area contributed by atoms with Gasteiger partial charge in [0.1, 0.15) is 0 Å². The smallest absolute Gasteiger partial charge is 0.404 e. The summed E-state index contributed by atoms with van der Waals surface area (Å²) in [5.41, 5.74) is -0.140. The van der Waals surface area contributed by atoms with Crippen molar-refractivity contribution in [3.63, 3.8) is 0 Å². The van der Waals surface area contributed by atoms with Crippen molar-refractivity contribution in [3.05, 3.63) is 36.9 Å². The Morgan fingerprint density at radius 3 is 2.57 bits per heavy atom. The number of hydrogen-bond acceptors (Lipinski definition) is 3. The number of alkyl halides is 3. The van der Waals surface area contributed by atoms with Gasteiger partial charge in [0.25, 0.3) is 0 Å². The van der Waals surface area contributed by atoms with E-state index in [-0.39, 0.29) is 12.2 Å². The number of ether oxygens (including phenoxy) is 1. The van der Waals surface area contributed by atoms with E-state index < -0.39 is 23.9 Å². The van der Waals surface area contributed by atoms with Gasteiger partial charge in [-0.25, -0.2) is 0 Å². The van der Waals surface area contributed by atoms with Gasteiger partial charge in [-0.2, -0.15) is 0 Å². The molecule has 1 N–H and O–H groups in total. The predicted octanol–water partition coefficient (Wildman–Crippen LogP) is 2.17. The minimum absolute atomic E-state index is 0.140. The molecule has 0 radical (unpaired) electrons. The quantitative estimate of drug-likeness (QED) is 0.848. The van der Waals surface area contributed by atoms with Crippen molar-refractivity contribution in [1.82, 2.24) is 4.90 Å². The topological polar surface area (TPSA) is 58.6 Å². The third-order valence-corrected chi connectivity index (χ3v) is 2.32. The van der Waals surface area contributed by atoms with Gasteiger partial charge in [0, 0.05) is 7.05 Å². The lowest BCUT2D eigenvalue weighted by atomic mass is 10.3. The van der Waals surface area contributed by atoms with Crippen molar-refractivity contribution < 1.29 is 27.5 Å². The second-order valence-corrected chi connectivity index (χ2v) is 3.99. The first-order valence-electron chi connectivity index (χ1n) is 5.75. The Balaban J connectivity index is 2.77. The molecule has 0 spiro atoms. The lowest BCUT2D eigenvalue weighted by Gasteiger charge is -2.16. The first-order chi connectivity index (χ1) is 9.73. The monoisotopic (exact) mass is 302 g/mol. The summed E-state index contributed by atoms with van der Waals surface area (Å²) in [5.74, 6) is -1.67. The van der Waals surface area contributed by atoms with Gasteiger partial charge >= 0.3 is 6.36 Å². The molecule has 0 fully saturated rings. The number of amides is 2. The van der Waals surface area contributed by atoms with Crippen LogP contribution in [-0.4, -0.2) is 36.7 Å². The van der Waals surface area contributed by atoms with Crippen molar-refractivity contribution >= 4 is 17.5 Å². The van der Waals surface area contributed by atoms with E-state index in [1.165, 1.54) is 25.2 Å². The highest BCUT2D eigenvalue weighted by molar-refractivity contribution is 5.97. The number of carbonyl (C=O) groups excluding carboxylic acids is 2. The van der Waals surface area contributed by atoms with Gasteiger partial charge in [0.15, 0.2) is 5.75 Å². The number of likely N-dealkylation sites (N-methyl/N-ethyl adjacent to an activating group) is 1. The molecule has 114 valence electrons. The molecule has 5 nitrogen and oxygen atoms in total. The molecule has 8 heteroatoms. The van der Waals surface area contributed by atoms with Gasteiger partial charge < -0.3 is 15.0 Å². The molecule has 1 aromatic carbocycles. The number of halogens is 3. The Hall–Kier alpha value is -2.51. The molecule has 0 unspecified atom stereocenters. The van der Waals surface area contributed by atoms with Crippen molar-refractivity contribution in [1.29, 1.82) is 0 Å². The van der Waals surface area contributed by atoms with Crippen LogP contribution in [0.5, 0.6) is 5.75 Å². The van der Waals surface area contributed by atoms with Gasteiger partial charge in [-0.05, 0) is 18.2 Å². The zero-order valence-electron chi connectivity index (χ0n) is 11.1. The van der Waals surface area contributed by atoms with Crippen LogP contribution >= 0.6 is 0 Å². The average Bonchev–Trinajstić information content (AvgIpc) is 2.38. The summed E-state index contributed by atoms with van der Waals surface area (Å²) in [6.07, 6.45) is -3.84. The van der Waals surface area contributed by atoms with E-state index in [9.17, 15) is 22.8 Å². The molecule has 0 atom stereocenters. The minimum atomic E-state index is -4.86. The summed E-state index contributed by atoms with van der Waals surface area (Å²) in [6, 6.07) is 5.11. The van der Waals surface area contributed by atoms with E-state index in [1.807, 2.05) is 0 Å². The minimum Gasteiger partial charge on any atom is -0.404 e. The summed E-state index contributed by atoms with van der Waals surface area (Å²) in [4.78, 5) is 24.0. The number of hydrogen-bond donors (Lipinski definition) is 1. The summed E-state index contributed by atoms with van der Waals surface area (Å²) in [5, 5.41) is 2.25. The fraction of sp³-hybridized carbons (Fsp3) is 0.231. The van der Waals surface area contributed by atoms with Gasteiger partial charge in [-0.3, -0.25) is 9.59 Å². The second-order valence-electron chi connectivity index (χ2n) is 3.99. The van der Waals surface area contributed by atoms with E-state index in [0.717, 1.165) is 17.0 Å². The van der Waals surface area contributed by atoms with E-state index in [1.54, 1.807) is 0 Å². The van der Waals surface area contributed by atoms with Crippen LogP contribution in [0.15, 0.2) is 36.9 Å². The Morgan fingerprint density at radius 2 is 2.00 bits per heavy atom. The number of para-hydroxylation sites is 2. The van der Waals surface area contributed by atoms with Crippen LogP contribution in [0.4, 0.5) is 18.9 Å². The van der Waals surface area contributed by atoms with Gasteiger partial charge in [-0.15, -0.1) is 13.2 Å². The molecule has 2 amide bonds. The highest BCUT2D eigenvalue weighted by Gasteiger charge is 2.32. The second kappa shape index (κ2) is 6.78. The number of nitrogens with zero attached hydrogens (tertiary/aromatic N) is 1. The Kier molecular flexibility index (Phi) is 5.34. The summed E-state index contributed by atoms with van der Waals surface area (Å²) >= 11 is 0. The summed E-state index contributed by atoms with van der Waals surface area (Å²) in [7, 11) is 1.36. The normalized spacial score (nSPS) is 10.7.